The van der Waals surface area contributed by atoms with E-state index >= 15 is 0 Å². The number of aliphatic hydroxyl groups excluding tert-OH is 1. The zero-order valence-electron chi connectivity index (χ0n) is 16.0. The van der Waals surface area contributed by atoms with Crippen molar-refractivity contribution in [2.45, 2.75) is 31.5 Å². The average molecular weight is 393 g/mol. The summed E-state index contributed by atoms with van der Waals surface area (Å²) in [5.41, 5.74) is 3.34. The fourth-order valence-electron chi connectivity index (χ4n) is 3.71. The third-order valence-corrected chi connectivity index (χ3v) is 5.67. The van der Waals surface area contributed by atoms with Crippen molar-refractivity contribution in [2.75, 3.05) is 24.7 Å². The number of aliphatic hydroxyl groups is 1. The molecule has 1 N–H and O–H groups in total. The number of ether oxygens (including phenoxy) is 2. The van der Waals surface area contributed by atoms with E-state index < -0.39 is 6.10 Å². The van der Waals surface area contributed by atoms with Crippen molar-refractivity contribution in [3.8, 4) is 5.69 Å². The molecule has 0 spiro atoms. The van der Waals surface area contributed by atoms with Crippen molar-refractivity contribution >= 4 is 22.8 Å². The van der Waals surface area contributed by atoms with Crippen molar-refractivity contribution in [2.24, 2.45) is 0 Å². The molecule has 1 saturated heterocycles. The molecule has 7 heteroatoms. The fourth-order valence-corrected chi connectivity index (χ4v) is 3.71. The largest absolute Gasteiger partial charge is 0.447 e. The van der Waals surface area contributed by atoms with E-state index in [0.29, 0.717) is 25.9 Å². The van der Waals surface area contributed by atoms with Crippen LogP contribution in [0.5, 0.6) is 0 Å². The number of carbonyl (C=O) groups is 1. The lowest BCUT2D eigenvalue weighted by Crippen LogP contribution is -2.24. The van der Waals surface area contributed by atoms with Crippen LogP contribution in [-0.2, 0) is 9.47 Å². The summed E-state index contributed by atoms with van der Waals surface area (Å²) in [5, 5.41) is 11.4. The van der Waals surface area contributed by atoms with E-state index in [2.05, 4.69) is 4.98 Å². The SMILES string of the molecule is O=C1OCCN1c1ccc(-n2ccc3cc(C(O)COC4CCC4)cnc32)cc1. The Hall–Kier alpha value is -2.90. The van der Waals surface area contributed by atoms with Gasteiger partial charge in [-0.15, -0.1) is 0 Å². The summed E-state index contributed by atoms with van der Waals surface area (Å²) >= 11 is 0. The van der Waals surface area contributed by atoms with Gasteiger partial charge in [0.15, 0.2) is 0 Å². The summed E-state index contributed by atoms with van der Waals surface area (Å²) in [6.07, 6.45) is 6.38. The predicted molar refractivity (Wildman–Crippen MR) is 108 cm³/mol. The lowest BCUT2D eigenvalue weighted by molar-refractivity contribution is -0.0427. The topological polar surface area (TPSA) is 76.8 Å². The van der Waals surface area contributed by atoms with Gasteiger partial charge in [-0.2, -0.15) is 0 Å². The van der Waals surface area contributed by atoms with Crippen LogP contribution >= 0.6 is 0 Å². The molecular weight excluding hydrogens is 370 g/mol. The van der Waals surface area contributed by atoms with Crippen molar-refractivity contribution < 1.29 is 19.4 Å². The highest BCUT2D eigenvalue weighted by atomic mass is 16.6. The van der Waals surface area contributed by atoms with E-state index in [1.54, 1.807) is 11.1 Å². The van der Waals surface area contributed by atoms with Crippen LogP contribution in [0.3, 0.4) is 0 Å². The number of hydrogen-bond acceptors (Lipinski definition) is 5. The Kier molecular flexibility index (Phi) is 4.69. The molecule has 0 radical (unpaired) electrons. The van der Waals surface area contributed by atoms with Gasteiger partial charge in [-0.1, -0.05) is 0 Å². The highest BCUT2D eigenvalue weighted by Crippen LogP contribution is 2.27. The highest BCUT2D eigenvalue weighted by molar-refractivity contribution is 5.89. The third-order valence-electron chi connectivity index (χ3n) is 5.67. The number of nitrogens with zero attached hydrogens (tertiary/aromatic N) is 3. The van der Waals surface area contributed by atoms with E-state index in [4.69, 9.17) is 9.47 Å². The third kappa shape index (κ3) is 3.47. The minimum atomic E-state index is -0.671. The van der Waals surface area contributed by atoms with E-state index in [1.807, 2.05) is 47.2 Å². The van der Waals surface area contributed by atoms with Gasteiger partial charge >= 0.3 is 6.09 Å². The summed E-state index contributed by atoms with van der Waals surface area (Å²) < 4.78 is 12.7. The van der Waals surface area contributed by atoms with Crippen LogP contribution < -0.4 is 4.90 Å². The Morgan fingerprint density at radius 3 is 2.69 bits per heavy atom. The zero-order valence-corrected chi connectivity index (χ0v) is 16.0. The molecule has 3 aromatic rings. The number of aromatic nitrogens is 2. The maximum Gasteiger partial charge on any atom is 0.414 e. The summed E-state index contributed by atoms with van der Waals surface area (Å²) in [4.78, 5) is 17.9. The maximum absolute atomic E-state index is 11.7. The molecule has 1 aromatic carbocycles. The Morgan fingerprint density at radius 2 is 2.00 bits per heavy atom. The first kappa shape index (κ1) is 18.1. The number of pyridine rings is 1. The van der Waals surface area contributed by atoms with Gasteiger partial charge in [-0.25, -0.2) is 9.78 Å². The fraction of sp³-hybridized carbons (Fsp3) is 0.364. The highest BCUT2D eigenvalue weighted by Gasteiger charge is 2.23. The molecule has 1 aliphatic heterocycles. The molecule has 2 aliphatic rings. The van der Waals surface area contributed by atoms with Gasteiger partial charge in [0.05, 0.1) is 19.3 Å². The van der Waals surface area contributed by atoms with Gasteiger partial charge in [-0.05, 0) is 55.7 Å². The molecule has 1 aliphatic carbocycles. The van der Waals surface area contributed by atoms with Crippen LogP contribution in [0.4, 0.5) is 10.5 Å². The maximum atomic E-state index is 11.7. The van der Waals surface area contributed by atoms with Crippen LogP contribution in [0.25, 0.3) is 16.7 Å². The van der Waals surface area contributed by atoms with Crippen molar-refractivity contribution in [1.82, 2.24) is 9.55 Å². The minimum absolute atomic E-state index is 0.299. The molecule has 7 nitrogen and oxygen atoms in total. The van der Waals surface area contributed by atoms with Crippen LogP contribution in [-0.4, -0.2) is 46.6 Å². The summed E-state index contributed by atoms with van der Waals surface area (Å²) in [7, 11) is 0. The number of hydrogen-bond donors (Lipinski definition) is 1. The van der Waals surface area contributed by atoms with E-state index in [-0.39, 0.29) is 6.09 Å². The summed E-state index contributed by atoms with van der Waals surface area (Å²) in [6.45, 7) is 1.30. The quantitative estimate of drug-likeness (QED) is 0.693. The normalized spacial score (nSPS) is 18.1. The average Bonchev–Trinajstić information content (AvgIpc) is 3.32. The molecule has 29 heavy (non-hydrogen) atoms. The number of benzene rings is 1. The number of rotatable bonds is 6. The van der Waals surface area contributed by atoms with Gasteiger partial charge in [0, 0.05) is 34.7 Å². The molecular formula is C22H23N3O4. The Labute approximate surface area is 168 Å². The molecule has 5 rings (SSSR count). The first-order chi connectivity index (χ1) is 14.2. The molecule has 2 aromatic heterocycles. The number of carbonyl (C=O) groups excluding carboxylic acids is 1. The molecule has 1 saturated carbocycles. The van der Waals surface area contributed by atoms with Crippen LogP contribution in [0, 0.1) is 0 Å². The molecule has 1 unspecified atom stereocenters. The first-order valence-electron chi connectivity index (χ1n) is 10.0. The second kappa shape index (κ2) is 7.50. The van der Waals surface area contributed by atoms with Crippen molar-refractivity contribution in [1.29, 1.82) is 0 Å². The summed E-state index contributed by atoms with van der Waals surface area (Å²) in [6, 6.07) is 11.7. The van der Waals surface area contributed by atoms with E-state index in [1.165, 1.54) is 6.42 Å². The van der Waals surface area contributed by atoms with Gasteiger partial charge in [0.2, 0.25) is 0 Å². The van der Waals surface area contributed by atoms with E-state index in [0.717, 1.165) is 40.8 Å². The first-order valence-corrected chi connectivity index (χ1v) is 10.0. The van der Waals surface area contributed by atoms with Crippen LogP contribution in [0.15, 0.2) is 48.8 Å². The molecule has 1 atom stereocenters. The number of fused-ring (bicyclic) bond motifs is 1. The number of anilines is 1. The Balaban J connectivity index is 1.34. The van der Waals surface area contributed by atoms with Crippen LogP contribution in [0.1, 0.15) is 30.9 Å². The smallest absolute Gasteiger partial charge is 0.414 e. The summed E-state index contributed by atoms with van der Waals surface area (Å²) in [5.74, 6) is 0. The van der Waals surface area contributed by atoms with Gasteiger partial charge in [-0.3, -0.25) is 4.90 Å². The lowest BCUT2D eigenvalue weighted by Gasteiger charge is -2.26. The molecule has 2 fully saturated rings. The molecule has 1 amide bonds. The predicted octanol–water partition coefficient (Wildman–Crippen LogP) is 3.58. The van der Waals surface area contributed by atoms with Gasteiger partial charge in [0.25, 0.3) is 0 Å². The standard InChI is InChI=1S/C22H23N3O4/c26-20(14-29-19-2-1-3-19)16-12-15-8-9-24(21(15)23-13-16)17-4-6-18(7-5-17)25-10-11-28-22(25)27/h4-9,12-13,19-20,26H,1-3,10-11,14H2. The molecule has 0 bridgehead atoms. The lowest BCUT2D eigenvalue weighted by atomic mass is 9.96. The van der Waals surface area contributed by atoms with Crippen molar-refractivity contribution in [3.05, 3.63) is 54.4 Å². The van der Waals surface area contributed by atoms with Crippen molar-refractivity contribution in [3.63, 3.8) is 0 Å². The van der Waals surface area contributed by atoms with Gasteiger partial charge in [0.1, 0.15) is 18.4 Å². The van der Waals surface area contributed by atoms with Gasteiger partial charge < -0.3 is 19.1 Å². The monoisotopic (exact) mass is 393 g/mol. The van der Waals surface area contributed by atoms with E-state index in [9.17, 15) is 9.90 Å². The van der Waals surface area contributed by atoms with Crippen LogP contribution in [0.2, 0.25) is 0 Å². The molecule has 3 heterocycles. The minimum Gasteiger partial charge on any atom is -0.447 e. The second-order valence-corrected chi connectivity index (χ2v) is 7.55. The Morgan fingerprint density at radius 1 is 1.21 bits per heavy atom. The zero-order chi connectivity index (χ0) is 19.8. The number of amides is 1. The number of cyclic esters (lactones) is 1. The Bertz CT molecular complexity index is 1030. The molecule has 150 valence electrons. The second-order valence-electron chi connectivity index (χ2n) is 7.55.